The first-order valence-corrected chi connectivity index (χ1v) is 9.21. The molecule has 0 bridgehead atoms. The van der Waals surface area contributed by atoms with Crippen LogP contribution in [0.25, 0.3) is 0 Å². The number of rotatable bonds is 4. The molecule has 6 heteroatoms. The minimum Gasteiger partial charge on any atom is -0.301 e. The smallest absolute Gasteiger partial charge is 0.240 e. The molecule has 5 nitrogen and oxygen atoms in total. The van der Waals surface area contributed by atoms with Crippen molar-refractivity contribution in [2.24, 2.45) is 0 Å². The maximum Gasteiger partial charge on any atom is 0.240 e. The highest BCUT2D eigenvalue weighted by molar-refractivity contribution is 7.15. The maximum atomic E-state index is 12.1. The van der Waals surface area contributed by atoms with Crippen molar-refractivity contribution in [3.8, 4) is 0 Å². The van der Waals surface area contributed by atoms with Gasteiger partial charge < -0.3 is 10.2 Å². The van der Waals surface area contributed by atoms with Gasteiger partial charge in [0.25, 0.3) is 0 Å². The van der Waals surface area contributed by atoms with Crippen LogP contribution in [0.5, 0.6) is 0 Å². The molecule has 0 radical (unpaired) electrons. The van der Waals surface area contributed by atoms with E-state index >= 15 is 0 Å². The lowest BCUT2D eigenvalue weighted by molar-refractivity contribution is -0.117. The van der Waals surface area contributed by atoms with Gasteiger partial charge in [-0.25, -0.2) is 4.98 Å². The SMILES string of the molecule is Cc1cnc(NC(=O)CN2CCC(N3CCCCC3)CC2)s1. The van der Waals surface area contributed by atoms with Crippen LogP contribution in [-0.4, -0.2) is 59.5 Å². The van der Waals surface area contributed by atoms with Gasteiger partial charge in [-0.1, -0.05) is 6.42 Å². The standard InChI is InChI=1S/C16H26N4OS/c1-13-11-17-16(22-13)18-15(21)12-19-9-5-14(6-10-19)20-7-3-2-4-8-20/h11,14H,2-10,12H2,1H3,(H,17,18,21). The number of nitrogens with zero attached hydrogens (tertiary/aromatic N) is 3. The number of likely N-dealkylation sites (tertiary alicyclic amines) is 2. The predicted molar refractivity (Wildman–Crippen MR) is 90.4 cm³/mol. The monoisotopic (exact) mass is 322 g/mol. The quantitative estimate of drug-likeness (QED) is 0.924. The zero-order valence-corrected chi connectivity index (χ0v) is 14.2. The summed E-state index contributed by atoms with van der Waals surface area (Å²) in [6, 6.07) is 0.737. The van der Waals surface area contributed by atoms with Crippen LogP contribution in [-0.2, 0) is 4.79 Å². The van der Waals surface area contributed by atoms with Crippen LogP contribution in [0.15, 0.2) is 6.20 Å². The topological polar surface area (TPSA) is 48.5 Å². The molecule has 1 aromatic heterocycles. The fraction of sp³-hybridized carbons (Fsp3) is 0.750. The summed E-state index contributed by atoms with van der Waals surface area (Å²) in [5, 5.41) is 3.61. The summed E-state index contributed by atoms with van der Waals surface area (Å²) in [6.45, 7) is 7.10. The third-order valence-electron chi connectivity index (χ3n) is 4.70. The summed E-state index contributed by atoms with van der Waals surface area (Å²) in [5.41, 5.74) is 0. The van der Waals surface area contributed by atoms with Crippen LogP contribution >= 0.6 is 11.3 Å². The van der Waals surface area contributed by atoms with Crippen LogP contribution in [0, 0.1) is 6.92 Å². The number of anilines is 1. The molecule has 22 heavy (non-hydrogen) atoms. The molecular formula is C16H26N4OS. The molecular weight excluding hydrogens is 296 g/mol. The Bertz CT molecular complexity index is 490. The van der Waals surface area contributed by atoms with E-state index in [2.05, 4.69) is 20.1 Å². The molecule has 2 fully saturated rings. The van der Waals surface area contributed by atoms with Crippen molar-refractivity contribution in [3.63, 3.8) is 0 Å². The largest absolute Gasteiger partial charge is 0.301 e. The second-order valence-corrected chi connectivity index (χ2v) is 7.66. The summed E-state index contributed by atoms with van der Waals surface area (Å²) < 4.78 is 0. The van der Waals surface area contributed by atoms with E-state index < -0.39 is 0 Å². The Morgan fingerprint density at radius 1 is 1.27 bits per heavy atom. The third kappa shape index (κ3) is 4.27. The zero-order chi connectivity index (χ0) is 15.4. The minimum absolute atomic E-state index is 0.0609. The Morgan fingerprint density at radius 2 is 2.00 bits per heavy atom. The zero-order valence-electron chi connectivity index (χ0n) is 13.4. The first-order chi connectivity index (χ1) is 10.7. The van der Waals surface area contributed by atoms with E-state index in [9.17, 15) is 4.79 Å². The van der Waals surface area contributed by atoms with E-state index in [1.165, 1.54) is 56.5 Å². The van der Waals surface area contributed by atoms with Gasteiger partial charge in [0.1, 0.15) is 0 Å². The lowest BCUT2D eigenvalue weighted by Gasteiger charge is -2.40. The van der Waals surface area contributed by atoms with Gasteiger partial charge in [-0.2, -0.15) is 0 Å². The molecule has 0 saturated carbocycles. The van der Waals surface area contributed by atoms with Crippen LogP contribution in [0.2, 0.25) is 0 Å². The number of piperidine rings is 2. The average Bonchev–Trinajstić information content (AvgIpc) is 2.94. The Morgan fingerprint density at radius 3 is 2.64 bits per heavy atom. The fourth-order valence-electron chi connectivity index (χ4n) is 3.50. The Labute approximate surface area is 136 Å². The van der Waals surface area contributed by atoms with Gasteiger partial charge in [-0.05, 0) is 45.7 Å². The highest BCUT2D eigenvalue weighted by atomic mass is 32.1. The van der Waals surface area contributed by atoms with Crippen molar-refractivity contribution in [2.75, 3.05) is 38.0 Å². The van der Waals surface area contributed by atoms with E-state index in [-0.39, 0.29) is 5.91 Å². The van der Waals surface area contributed by atoms with Crippen LogP contribution in [0.1, 0.15) is 37.0 Å². The van der Waals surface area contributed by atoms with Crippen LogP contribution in [0.3, 0.4) is 0 Å². The van der Waals surface area contributed by atoms with Crippen LogP contribution < -0.4 is 5.32 Å². The lowest BCUT2D eigenvalue weighted by atomic mass is 10.00. The van der Waals surface area contributed by atoms with E-state index in [1.54, 1.807) is 6.20 Å². The molecule has 0 spiro atoms. The molecule has 0 aromatic carbocycles. The number of carbonyl (C=O) groups is 1. The van der Waals surface area contributed by atoms with Crippen LogP contribution in [0.4, 0.5) is 5.13 Å². The molecule has 2 aliphatic heterocycles. The highest BCUT2D eigenvalue weighted by Crippen LogP contribution is 2.21. The van der Waals surface area contributed by atoms with Gasteiger partial charge in [0.15, 0.2) is 5.13 Å². The lowest BCUT2D eigenvalue weighted by Crippen LogP contribution is -2.48. The first-order valence-electron chi connectivity index (χ1n) is 8.39. The van der Waals surface area contributed by atoms with Crippen molar-refractivity contribution >= 4 is 22.4 Å². The Balaban J connectivity index is 1.40. The third-order valence-corrected chi connectivity index (χ3v) is 5.53. The van der Waals surface area contributed by atoms with Crippen molar-refractivity contribution in [1.82, 2.24) is 14.8 Å². The number of hydrogen-bond donors (Lipinski definition) is 1. The van der Waals surface area contributed by atoms with Gasteiger partial charge in [0, 0.05) is 30.2 Å². The number of amides is 1. The Kier molecular flexibility index (Phi) is 5.44. The van der Waals surface area contributed by atoms with Crippen molar-refractivity contribution in [2.45, 2.75) is 45.1 Å². The molecule has 2 saturated heterocycles. The Hall–Kier alpha value is -0.980. The van der Waals surface area contributed by atoms with E-state index in [0.29, 0.717) is 11.7 Å². The highest BCUT2D eigenvalue weighted by Gasteiger charge is 2.26. The fourth-order valence-corrected chi connectivity index (χ4v) is 4.18. The van der Waals surface area contributed by atoms with Crippen molar-refractivity contribution in [1.29, 1.82) is 0 Å². The number of aryl methyl sites for hydroxylation is 1. The first kappa shape index (κ1) is 15.9. The average molecular weight is 322 g/mol. The van der Waals surface area contributed by atoms with Crippen molar-refractivity contribution < 1.29 is 4.79 Å². The number of aromatic nitrogens is 1. The molecule has 0 unspecified atom stereocenters. The number of thiazole rings is 1. The van der Waals surface area contributed by atoms with Gasteiger partial charge in [0.05, 0.1) is 6.54 Å². The van der Waals surface area contributed by atoms with Gasteiger partial charge in [0.2, 0.25) is 5.91 Å². The molecule has 0 aliphatic carbocycles. The summed E-state index contributed by atoms with van der Waals surface area (Å²) in [5.74, 6) is 0.0609. The second-order valence-electron chi connectivity index (χ2n) is 6.43. The normalized spacial score (nSPS) is 21.9. The summed E-state index contributed by atoms with van der Waals surface area (Å²) in [4.78, 5) is 22.3. The molecule has 0 atom stereocenters. The van der Waals surface area contributed by atoms with Gasteiger partial charge in [-0.15, -0.1) is 11.3 Å². The minimum atomic E-state index is 0.0609. The van der Waals surface area contributed by atoms with Gasteiger partial charge in [-0.3, -0.25) is 9.69 Å². The number of hydrogen-bond acceptors (Lipinski definition) is 5. The molecule has 122 valence electrons. The number of carbonyl (C=O) groups excluding carboxylic acids is 1. The molecule has 3 rings (SSSR count). The summed E-state index contributed by atoms with van der Waals surface area (Å²) >= 11 is 1.53. The number of nitrogens with one attached hydrogen (secondary N) is 1. The summed E-state index contributed by atoms with van der Waals surface area (Å²) in [6.07, 6.45) is 8.30. The molecule has 1 aromatic rings. The molecule has 3 heterocycles. The molecule has 1 N–H and O–H groups in total. The predicted octanol–water partition coefficient (Wildman–Crippen LogP) is 2.34. The second kappa shape index (κ2) is 7.53. The summed E-state index contributed by atoms with van der Waals surface area (Å²) in [7, 11) is 0. The van der Waals surface area contributed by atoms with Crippen molar-refractivity contribution in [3.05, 3.63) is 11.1 Å². The van der Waals surface area contributed by atoms with E-state index in [4.69, 9.17) is 0 Å². The maximum absolute atomic E-state index is 12.1. The van der Waals surface area contributed by atoms with E-state index in [1.807, 2.05) is 6.92 Å². The van der Waals surface area contributed by atoms with E-state index in [0.717, 1.165) is 24.0 Å². The molecule has 1 amide bonds. The van der Waals surface area contributed by atoms with Gasteiger partial charge >= 0.3 is 0 Å². The molecule has 2 aliphatic rings.